The van der Waals surface area contributed by atoms with Gasteiger partial charge in [-0.25, -0.2) is 4.98 Å². The zero-order valence-electron chi connectivity index (χ0n) is 13.8. The molecule has 1 aliphatic rings. The predicted molar refractivity (Wildman–Crippen MR) is 95.6 cm³/mol. The maximum atomic E-state index is 12.6. The summed E-state index contributed by atoms with van der Waals surface area (Å²) >= 11 is 0. The lowest BCUT2D eigenvalue weighted by molar-refractivity contribution is -0.385. The van der Waals surface area contributed by atoms with E-state index in [1.165, 1.54) is 6.07 Å². The molecule has 0 radical (unpaired) electrons. The third kappa shape index (κ3) is 2.86. The average Bonchev–Trinajstić information content (AvgIpc) is 3.08. The van der Waals surface area contributed by atoms with E-state index in [1.807, 2.05) is 0 Å². The number of hydrogen-bond acceptors (Lipinski definition) is 6. The highest BCUT2D eigenvalue weighted by Crippen LogP contribution is 2.37. The number of nitro groups is 1. The Hall–Kier alpha value is -3.82. The molecule has 2 aromatic heterocycles. The molecule has 1 unspecified atom stereocenters. The number of hydrogen-bond donors (Lipinski definition) is 3. The Morgan fingerprint density at radius 2 is 1.93 bits per heavy atom. The molecule has 2 heterocycles. The Labute approximate surface area is 150 Å². The van der Waals surface area contributed by atoms with Gasteiger partial charge in [0.1, 0.15) is 5.82 Å². The van der Waals surface area contributed by atoms with Gasteiger partial charge < -0.3 is 15.3 Å². The van der Waals surface area contributed by atoms with Gasteiger partial charge >= 0.3 is 11.1 Å². The normalized spacial score (nSPS) is 15.5. The Kier molecular flexibility index (Phi) is 3.80. The number of amides is 1. The van der Waals surface area contributed by atoms with Crippen molar-refractivity contribution in [3.8, 4) is 0 Å². The predicted octanol–water partition coefficient (Wildman–Crippen LogP) is 0.873. The number of aromatic amines is 2. The van der Waals surface area contributed by atoms with Crippen molar-refractivity contribution >= 4 is 28.4 Å². The third-order valence-electron chi connectivity index (χ3n) is 4.60. The van der Waals surface area contributed by atoms with E-state index in [4.69, 9.17) is 0 Å². The van der Waals surface area contributed by atoms with Crippen molar-refractivity contribution in [2.75, 3.05) is 5.32 Å². The molecule has 10 nitrogen and oxygen atoms in total. The van der Waals surface area contributed by atoms with Crippen LogP contribution in [0.15, 0.2) is 40.1 Å². The number of aromatic nitrogens is 3. The molecule has 0 fully saturated rings. The highest BCUT2D eigenvalue weighted by Gasteiger charge is 2.35. The molecule has 4 rings (SSSR count). The van der Waals surface area contributed by atoms with Crippen molar-refractivity contribution < 1.29 is 9.72 Å². The smallest absolute Gasteiger partial charge is 0.314 e. The molecule has 3 aromatic rings. The SMILES string of the molecule is O=C(Nc1ccccn1)C1Cc2c([N+](=O)[O-])cc3[nH]c(=O)c(=O)[nH]c3c2C1. The minimum Gasteiger partial charge on any atom is -0.316 e. The maximum absolute atomic E-state index is 12.6. The summed E-state index contributed by atoms with van der Waals surface area (Å²) in [5, 5.41) is 14.1. The molecule has 1 aliphatic carbocycles. The van der Waals surface area contributed by atoms with Crippen LogP contribution in [-0.4, -0.2) is 25.8 Å². The molecule has 10 heteroatoms. The summed E-state index contributed by atoms with van der Waals surface area (Å²) in [7, 11) is 0. The molecule has 3 N–H and O–H groups in total. The first kappa shape index (κ1) is 16.6. The summed E-state index contributed by atoms with van der Waals surface area (Å²) in [6.45, 7) is 0. The van der Waals surface area contributed by atoms with Gasteiger partial charge in [-0.1, -0.05) is 6.07 Å². The number of fused-ring (bicyclic) bond motifs is 3. The fourth-order valence-electron chi connectivity index (χ4n) is 3.39. The van der Waals surface area contributed by atoms with Crippen LogP contribution in [0.1, 0.15) is 11.1 Å². The van der Waals surface area contributed by atoms with E-state index in [9.17, 15) is 24.5 Å². The Balaban J connectivity index is 1.76. The van der Waals surface area contributed by atoms with Gasteiger partial charge in [0, 0.05) is 23.7 Å². The second-order valence-electron chi connectivity index (χ2n) is 6.25. The van der Waals surface area contributed by atoms with Crippen molar-refractivity contribution in [3.63, 3.8) is 0 Å². The summed E-state index contributed by atoms with van der Waals surface area (Å²) in [4.78, 5) is 55.6. The highest BCUT2D eigenvalue weighted by atomic mass is 16.6. The monoisotopic (exact) mass is 367 g/mol. The van der Waals surface area contributed by atoms with Gasteiger partial charge in [0.25, 0.3) is 5.69 Å². The first-order valence-corrected chi connectivity index (χ1v) is 8.11. The van der Waals surface area contributed by atoms with Crippen molar-refractivity contribution in [1.82, 2.24) is 15.0 Å². The first-order chi connectivity index (χ1) is 12.9. The zero-order valence-corrected chi connectivity index (χ0v) is 13.8. The van der Waals surface area contributed by atoms with Crippen molar-refractivity contribution in [2.24, 2.45) is 5.92 Å². The molecule has 1 aromatic carbocycles. The average molecular weight is 367 g/mol. The van der Waals surface area contributed by atoms with Crippen LogP contribution in [0.3, 0.4) is 0 Å². The van der Waals surface area contributed by atoms with E-state index in [-0.39, 0.29) is 30.0 Å². The summed E-state index contributed by atoms with van der Waals surface area (Å²) in [6, 6.07) is 6.30. The van der Waals surface area contributed by atoms with Gasteiger partial charge in [-0.15, -0.1) is 0 Å². The number of anilines is 1. The fourth-order valence-corrected chi connectivity index (χ4v) is 3.39. The molecule has 0 spiro atoms. The Morgan fingerprint density at radius 3 is 2.63 bits per heavy atom. The number of pyridine rings is 1. The van der Waals surface area contributed by atoms with Crippen LogP contribution in [0.2, 0.25) is 0 Å². The molecule has 1 amide bonds. The van der Waals surface area contributed by atoms with Gasteiger partial charge in [-0.2, -0.15) is 0 Å². The number of nitrogens with zero attached hydrogens (tertiary/aromatic N) is 2. The van der Waals surface area contributed by atoms with Crippen LogP contribution >= 0.6 is 0 Å². The summed E-state index contributed by atoms with van der Waals surface area (Å²) < 4.78 is 0. The van der Waals surface area contributed by atoms with Gasteiger partial charge in [0.15, 0.2) is 0 Å². The molecular weight excluding hydrogens is 354 g/mol. The standard InChI is InChI=1S/C17H13N5O5/c23-15(20-13-3-1-2-4-18-13)8-5-9-10(6-8)14-11(7-12(9)22(26)27)19-16(24)17(25)21-14/h1-4,7-8H,5-6H2,(H,19,24)(H,21,25)(H,18,20,23). The molecule has 0 saturated carbocycles. The number of rotatable bonds is 3. The van der Waals surface area contributed by atoms with Gasteiger partial charge in [-0.3, -0.25) is 24.5 Å². The van der Waals surface area contributed by atoms with Gasteiger partial charge in [0.2, 0.25) is 5.91 Å². The lowest BCUT2D eigenvalue weighted by Gasteiger charge is -2.09. The molecular formula is C17H13N5O5. The lowest BCUT2D eigenvalue weighted by atomic mass is 10.1. The summed E-state index contributed by atoms with van der Waals surface area (Å²) in [6.07, 6.45) is 1.90. The van der Waals surface area contributed by atoms with Crippen molar-refractivity contribution in [3.05, 3.63) is 72.4 Å². The maximum Gasteiger partial charge on any atom is 0.314 e. The minimum atomic E-state index is -0.890. The Bertz CT molecular complexity index is 1200. The molecule has 0 aliphatic heterocycles. The molecule has 27 heavy (non-hydrogen) atoms. The second kappa shape index (κ2) is 6.16. The van der Waals surface area contributed by atoms with Crippen molar-refractivity contribution in [1.29, 1.82) is 0 Å². The van der Waals surface area contributed by atoms with Gasteiger partial charge in [0.05, 0.1) is 16.0 Å². The van der Waals surface area contributed by atoms with Crippen LogP contribution < -0.4 is 16.4 Å². The zero-order chi connectivity index (χ0) is 19.1. The fraction of sp³-hybridized carbons (Fsp3) is 0.176. The lowest BCUT2D eigenvalue weighted by Crippen LogP contribution is -2.29. The van der Waals surface area contributed by atoms with Crippen LogP contribution in [0.5, 0.6) is 0 Å². The van der Waals surface area contributed by atoms with E-state index in [0.717, 1.165) is 0 Å². The second-order valence-corrected chi connectivity index (χ2v) is 6.25. The highest BCUT2D eigenvalue weighted by molar-refractivity contribution is 5.94. The number of carbonyl (C=O) groups is 1. The summed E-state index contributed by atoms with van der Waals surface area (Å²) in [5.41, 5.74) is -0.568. The quantitative estimate of drug-likeness (QED) is 0.355. The van der Waals surface area contributed by atoms with E-state index in [2.05, 4.69) is 20.3 Å². The molecule has 0 saturated heterocycles. The molecule has 1 atom stereocenters. The van der Waals surface area contributed by atoms with Crippen LogP contribution in [-0.2, 0) is 17.6 Å². The van der Waals surface area contributed by atoms with E-state index in [0.29, 0.717) is 22.5 Å². The number of carbonyl (C=O) groups excluding carboxylic acids is 1. The van der Waals surface area contributed by atoms with Crippen LogP contribution in [0, 0.1) is 16.0 Å². The number of benzene rings is 1. The first-order valence-electron chi connectivity index (χ1n) is 8.11. The van der Waals surface area contributed by atoms with Crippen LogP contribution in [0.4, 0.5) is 11.5 Å². The van der Waals surface area contributed by atoms with Crippen molar-refractivity contribution in [2.45, 2.75) is 12.8 Å². The number of nitrogens with one attached hydrogen (secondary N) is 3. The number of nitro benzene ring substituents is 1. The van der Waals surface area contributed by atoms with E-state index >= 15 is 0 Å². The molecule has 0 bridgehead atoms. The summed E-state index contributed by atoms with van der Waals surface area (Å²) in [5.74, 6) is -0.489. The largest absolute Gasteiger partial charge is 0.316 e. The van der Waals surface area contributed by atoms with Crippen LogP contribution in [0.25, 0.3) is 11.0 Å². The third-order valence-corrected chi connectivity index (χ3v) is 4.60. The topological polar surface area (TPSA) is 151 Å². The van der Waals surface area contributed by atoms with E-state index in [1.54, 1.807) is 24.4 Å². The molecule has 136 valence electrons. The number of H-pyrrole nitrogens is 2. The van der Waals surface area contributed by atoms with E-state index < -0.39 is 22.0 Å². The Morgan fingerprint density at radius 1 is 1.19 bits per heavy atom. The minimum absolute atomic E-state index is 0.154. The van der Waals surface area contributed by atoms with Gasteiger partial charge in [-0.05, 0) is 30.5 Å².